The zero-order valence-electron chi connectivity index (χ0n) is 16.6. The van der Waals surface area contributed by atoms with Crippen molar-refractivity contribution in [2.45, 2.75) is 19.0 Å². The summed E-state index contributed by atoms with van der Waals surface area (Å²) in [5, 5.41) is 9.05. The van der Waals surface area contributed by atoms with E-state index in [1.165, 1.54) is 29.2 Å². The van der Waals surface area contributed by atoms with Gasteiger partial charge in [-0.3, -0.25) is 4.90 Å². The van der Waals surface area contributed by atoms with Crippen molar-refractivity contribution in [2.75, 3.05) is 32.1 Å². The maximum Gasteiger partial charge on any atom is 0.335 e. The minimum Gasteiger partial charge on any atom is -0.478 e. The number of hydrogen-bond acceptors (Lipinski definition) is 3. The van der Waals surface area contributed by atoms with Crippen molar-refractivity contribution in [1.82, 2.24) is 9.80 Å². The molecule has 6 nitrogen and oxygen atoms in total. The predicted molar refractivity (Wildman–Crippen MR) is 110 cm³/mol. The number of nitrogens with zero attached hydrogens (tertiary/aromatic N) is 3. The lowest BCUT2D eigenvalue weighted by atomic mass is 10.1. The molecule has 0 radical (unpaired) electrons. The van der Waals surface area contributed by atoms with Crippen LogP contribution in [-0.4, -0.2) is 60.1 Å². The molecule has 1 N–H and O–H groups in total. The SMILES string of the molecule is CN(C)[C@H]1CCN(C(=O)N(Cc2ccc(C(=O)O)cc2F)c2ccc(F)cc2Cl)C1. The Bertz CT molecular complexity index is 971. The van der Waals surface area contributed by atoms with Gasteiger partial charge in [0.2, 0.25) is 0 Å². The molecular formula is C21H22ClF2N3O3. The fraction of sp³-hybridized carbons (Fsp3) is 0.333. The number of likely N-dealkylation sites (tertiary alicyclic amines) is 1. The van der Waals surface area contributed by atoms with Crippen LogP contribution in [0.1, 0.15) is 22.3 Å². The molecule has 3 rings (SSSR count). The Labute approximate surface area is 178 Å². The van der Waals surface area contributed by atoms with Crippen molar-refractivity contribution in [3.63, 3.8) is 0 Å². The molecule has 160 valence electrons. The van der Waals surface area contributed by atoms with Crippen molar-refractivity contribution in [3.8, 4) is 0 Å². The Morgan fingerprint density at radius 3 is 2.50 bits per heavy atom. The predicted octanol–water partition coefficient (Wildman–Crippen LogP) is 4.08. The van der Waals surface area contributed by atoms with Crippen LogP contribution in [-0.2, 0) is 6.54 Å². The number of anilines is 1. The van der Waals surface area contributed by atoms with Crippen molar-refractivity contribution < 1.29 is 23.5 Å². The molecule has 1 aliphatic rings. The van der Waals surface area contributed by atoms with Crippen LogP contribution in [0.3, 0.4) is 0 Å². The molecule has 1 aliphatic heterocycles. The quantitative estimate of drug-likeness (QED) is 0.765. The molecule has 1 saturated heterocycles. The van der Waals surface area contributed by atoms with Crippen LogP contribution in [0.25, 0.3) is 0 Å². The highest BCUT2D eigenvalue weighted by Crippen LogP contribution is 2.30. The second kappa shape index (κ2) is 8.97. The molecule has 30 heavy (non-hydrogen) atoms. The molecular weight excluding hydrogens is 416 g/mol. The fourth-order valence-corrected chi connectivity index (χ4v) is 3.71. The first-order valence-electron chi connectivity index (χ1n) is 9.37. The Kier molecular flexibility index (Phi) is 6.58. The molecule has 0 aliphatic carbocycles. The van der Waals surface area contributed by atoms with Crippen molar-refractivity contribution >= 4 is 29.3 Å². The second-order valence-electron chi connectivity index (χ2n) is 7.43. The number of carboxylic acids is 1. The van der Waals surface area contributed by atoms with Gasteiger partial charge in [0.25, 0.3) is 0 Å². The average molecular weight is 438 g/mol. The Morgan fingerprint density at radius 2 is 1.93 bits per heavy atom. The van der Waals surface area contributed by atoms with Crippen molar-refractivity contribution in [1.29, 1.82) is 0 Å². The maximum absolute atomic E-state index is 14.5. The van der Waals surface area contributed by atoms with Crippen LogP contribution in [0.15, 0.2) is 36.4 Å². The first kappa shape index (κ1) is 22.0. The summed E-state index contributed by atoms with van der Waals surface area (Å²) in [5.41, 5.74) is 0.178. The molecule has 9 heteroatoms. The van der Waals surface area contributed by atoms with Gasteiger partial charge in [-0.2, -0.15) is 0 Å². The van der Waals surface area contributed by atoms with E-state index in [1.807, 2.05) is 19.0 Å². The van der Waals surface area contributed by atoms with Gasteiger partial charge in [0, 0.05) is 24.7 Å². The molecule has 2 aromatic rings. The minimum atomic E-state index is -1.25. The summed E-state index contributed by atoms with van der Waals surface area (Å²) in [6, 6.07) is 6.96. The van der Waals surface area contributed by atoms with E-state index < -0.39 is 17.6 Å². The smallest absolute Gasteiger partial charge is 0.335 e. The number of halogens is 3. The van der Waals surface area contributed by atoms with E-state index in [9.17, 15) is 18.4 Å². The molecule has 1 heterocycles. The first-order valence-corrected chi connectivity index (χ1v) is 9.75. The van der Waals surface area contributed by atoms with Gasteiger partial charge in [-0.25, -0.2) is 18.4 Å². The number of hydrogen-bond donors (Lipinski definition) is 1. The number of benzene rings is 2. The molecule has 0 unspecified atom stereocenters. The minimum absolute atomic E-state index is 0.0225. The topological polar surface area (TPSA) is 64.1 Å². The van der Waals surface area contributed by atoms with Crippen LogP contribution in [0.4, 0.5) is 19.3 Å². The number of carboxylic acid groups (broad SMARTS) is 1. The average Bonchev–Trinajstić information content (AvgIpc) is 3.17. The Morgan fingerprint density at radius 1 is 1.20 bits per heavy atom. The van der Waals surface area contributed by atoms with E-state index in [2.05, 4.69) is 0 Å². The summed E-state index contributed by atoms with van der Waals surface area (Å²) in [5.74, 6) is -2.55. The molecule has 1 fully saturated rings. The molecule has 0 spiro atoms. The lowest BCUT2D eigenvalue weighted by Crippen LogP contribution is -2.43. The van der Waals surface area contributed by atoms with E-state index in [4.69, 9.17) is 16.7 Å². The van der Waals surface area contributed by atoms with E-state index >= 15 is 0 Å². The zero-order valence-corrected chi connectivity index (χ0v) is 17.4. The lowest BCUT2D eigenvalue weighted by molar-refractivity contribution is 0.0696. The second-order valence-corrected chi connectivity index (χ2v) is 7.84. The summed E-state index contributed by atoms with van der Waals surface area (Å²) in [7, 11) is 3.87. The highest BCUT2D eigenvalue weighted by Gasteiger charge is 2.32. The molecule has 2 amide bonds. The summed E-state index contributed by atoms with van der Waals surface area (Å²) in [4.78, 5) is 29.3. The van der Waals surface area contributed by atoms with Gasteiger partial charge in [-0.1, -0.05) is 17.7 Å². The third-order valence-corrected chi connectivity index (χ3v) is 5.53. The summed E-state index contributed by atoms with van der Waals surface area (Å²) in [6.07, 6.45) is 0.797. The number of likely N-dealkylation sites (N-methyl/N-ethyl adjacent to an activating group) is 1. The third kappa shape index (κ3) is 4.71. The van der Waals surface area contributed by atoms with E-state index in [0.717, 1.165) is 18.6 Å². The van der Waals surface area contributed by atoms with Gasteiger partial charge < -0.3 is 14.9 Å². The van der Waals surface area contributed by atoms with Gasteiger partial charge in [-0.05, 0) is 50.8 Å². The Hall–Kier alpha value is -2.71. The molecule has 1 atom stereocenters. The van der Waals surface area contributed by atoms with Crippen molar-refractivity contribution in [3.05, 3.63) is 64.2 Å². The van der Waals surface area contributed by atoms with Gasteiger partial charge in [0.05, 0.1) is 22.8 Å². The highest BCUT2D eigenvalue weighted by molar-refractivity contribution is 6.33. The molecule has 0 aromatic heterocycles. The maximum atomic E-state index is 14.5. The van der Waals surface area contributed by atoms with E-state index in [-0.39, 0.29) is 40.5 Å². The highest BCUT2D eigenvalue weighted by atomic mass is 35.5. The van der Waals surface area contributed by atoms with Crippen molar-refractivity contribution in [2.24, 2.45) is 0 Å². The number of urea groups is 1. The summed E-state index contributed by atoms with van der Waals surface area (Å²) in [6.45, 7) is 0.845. The number of rotatable bonds is 5. The van der Waals surface area contributed by atoms with Gasteiger partial charge in [-0.15, -0.1) is 0 Å². The van der Waals surface area contributed by atoms with E-state index in [0.29, 0.717) is 13.1 Å². The standard InChI is InChI=1S/C21H22ClF2N3O3/c1-25(2)16-7-8-26(12-16)21(30)27(19-6-5-15(23)10-17(19)22)11-14-4-3-13(20(28)29)9-18(14)24/h3-6,9-10,16H,7-8,11-12H2,1-2H3,(H,28,29)/t16-/m0/s1. The van der Waals surface area contributed by atoms with Crippen LogP contribution in [0, 0.1) is 11.6 Å². The van der Waals surface area contributed by atoms with Gasteiger partial charge >= 0.3 is 12.0 Å². The number of aromatic carboxylic acids is 1. The number of carbonyl (C=O) groups excluding carboxylic acids is 1. The summed E-state index contributed by atoms with van der Waals surface area (Å²) >= 11 is 6.19. The molecule has 0 saturated carbocycles. The van der Waals surface area contributed by atoms with Crippen LogP contribution < -0.4 is 4.90 Å². The lowest BCUT2D eigenvalue weighted by Gasteiger charge is -2.29. The number of carbonyl (C=O) groups is 2. The van der Waals surface area contributed by atoms with Crippen LogP contribution in [0.2, 0.25) is 5.02 Å². The fourth-order valence-electron chi connectivity index (χ4n) is 3.44. The zero-order chi connectivity index (χ0) is 22.0. The van der Waals surface area contributed by atoms with Crippen LogP contribution in [0.5, 0.6) is 0 Å². The van der Waals surface area contributed by atoms with Crippen LogP contribution >= 0.6 is 11.6 Å². The molecule has 0 bridgehead atoms. The first-order chi connectivity index (χ1) is 14.2. The largest absolute Gasteiger partial charge is 0.478 e. The van der Waals surface area contributed by atoms with E-state index in [1.54, 1.807) is 4.90 Å². The van der Waals surface area contributed by atoms with Gasteiger partial charge in [0.1, 0.15) is 11.6 Å². The molecule has 2 aromatic carbocycles. The monoisotopic (exact) mass is 437 g/mol. The van der Waals surface area contributed by atoms with Gasteiger partial charge in [0.15, 0.2) is 0 Å². The number of amides is 2. The Balaban J connectivity index is 1.94. The summed E-state index contributed by atoms with van der Waals surface area (Å²) < 4.78 is 28.1. The third-order valence-electron chi connectivity index (χ3n) is 5.22. The normalized spacial score (nSPS) is 16.2.